The Morgan fingerprint density at radius 3 is 2.21 bits per heavy atom. The molecule has 1 aliphatic rings. The Labute approximate surface area is 200 Å². The third kappa shape index (κ3) is 4.41. The number of rotatable bonds is 3. The number of aliphatic hydroxyl groups is 1. The minimum atomic E-state index is -4.64. The molecule has 1 fully saturated rings. The normalized spacial score (nSPS) is 18.1. The van der Waals surface area contributed by atoms with Gasteiger partial charge in [0.25, 0.3) is 11.7 Å². The number of hydrogen-bond acceptors (Lipinski definition) is 3. The molecule has 1 unspecified atom stereocenters. The molecular formula is C24H14BrClF3NO3. The van der Waals surface area contributed by atoms with Gasteiger partial charge in [-0.2, -0.15) is 13.2 Å². The first-order valence-electron chi connectivity index (χ1n) is 9.57. The molecule has 0 aliphatic carbocycles. The molecule has 33 heavy (non-hydrogen) atoms. The molecule has 4 nitrogen and oxygen atoms in total. The number of nitrogens with zero attached hydrogens (tertiary/aromatic N) is 1. The van der Waals surface area contributed by atoms with Crippen molar-refractivity contribution in [2.24, 2.45) is 0 Å². The molecule has 4 rings (SSSR count). The predicted molar refractivity (Wildman–Crippen MR) is 122 cm³/mol. The summed E-state index contributed by atoms with van der Waals surface area (Å²) in [6.07, 6.45) is -4.64. The summed E-state index contributed by atoms with van der Waals surface area (Å²) in [6, 6.07) is 15.6. The lowest BCUT2D eigenvalue weighted by Crippen LogP contribution is -2.29. The van der Waals surface area contributed by atoms with Gasteiger partial charge in [-0.1, -0.05) is 45.7 Å². The number of alkyl halides is 3. The lowest BCUT2D eigenvalue weighted by atomic mass is 9.95. The van der Waals surface area contributed by atoms with E-state index in [1.807, 2.05) is 0 Å². The van der Waals surface area contributed by atoms with Crippen LogP contribution in [0.3, 0.4) is 0 Å². The molecule has 1 atom stereocenters. The van der Waals surface area contributed by atoms with Gasteiger partial charge in [-0.25, -0.2) is 0 Å². The van der Waals surface area contributed by atoms with Crippen LogP contribution >= 0.6 is 27.5 Å². The Hall–Kier alpha value is -3.10. The first kappa shape index (κ1) is 23.1. The van der Waals surface area contributed by atoms with Crippen LogP contribution < -0.4 is 4.90 Å². The molecule has 0 aromatic heterocycles. The van der Waals surface area contributed by atoms with E-state index < -0.39 is 35.2 Å². The van der Waals surface area contributed by atoms with E-state index in [0.29, 0.717) is 10.6 Å². The molecule has 0 spiro atoms. The van der Waals surface area contributed by atoms with Crippen molar-refractivity contribution in [2.45, 2.75) is 12.2 Å². The van der Waals surface area contributed by atoms with Crippen LogP contribution in [0.5, 0.6) is 0 Å². The van der Waals surface area contributed by atoms with Crippen LogP contribution in [0.4, 0.5) is 18.9 Å². The highest BCUT2D eigenvalue weighted by atomic mass is 79.9. The molecule has 1 aliphatic heterocycles. The van der Waals surface area contributed by atoms with Crippen LogP contribution in [0.15, 0.2) is 82.8 Å². The van der Waals surface area contributed by atoms with Crippen molar-refractivity contribution in [2.75, 3.05) is 4.90 Å². The molecule has 3 aromatic carbocycles. The lowest BCUT2D eigenvalue weighted by Gasteiger charge is -2.26. The molecular weight excluding hydrogens is 523 g/mol. The van der Waals surface area contributed by atoms with Crippen LogP contribution in [-0.2, 0) is 15.8 Å². The largest absolute Gasteiger partial charge is 0.507 e. The highest BCUT2D eigenvalue weighted by Crippen LogP contribution is 2.43. The van der Waals surface area contributed by atoms with Crippen LogP contribution in [-0.4, -0.2) is 16.8 Å². The number of ketones is 1. The zero-order valence-corrected chi connectivity index (χ0v) is 18.9. The van der Waals surface area contributed by atoms with Gasteiger partial charge < -0.3 is 5.11 Å². The number of anilines is 1. The SMILES string of the molecule is O=C1C(=O)N(c2cccc(C(F)(F)F)c2)C(c2ccc(Br)cc2)C1=C(O)c1ccc(Cl)cc1. The molecule has 0 radical (unpaired) electrons. The van der Waals surface area contributed by atoms with Gasteiger partial charge in [0.1, 0.15) is 5.76 Å². The van der Waals surface area contributed by atoms with Gasteiger partial charge in [-0.15, -0.1) is 0 Å². The first-order chi connectivity index (χ1) is 15.6. The van der Waals surface area contributed by atoms with Crippen molar-refractivity contribution < 1.29 is 27.9 Å². The van der Waals surface area contributed by atoms with Crippen LogP contribution in [0.2, 0.25) is 5.02 Å². The Morgan fingerprint density at radius 1 is 0.970 bits per heavy atom. The van der Waals surface area contributed by atoms with Gasteiger partial charge in [0, 0.05) is 20.7 Å². The monoisotopic (exact) mass is 535 g/mol. The van der Waals surface area contributed by atoms with E-state index >= 15 is 0 Å². The zero-order chi connectivity index (χ0) is 23.9. The molecule has 0 bridgehead atoms. The molecule has 1 heterocycles. The summed E-state index contributed by atoms with van der Waals surface area (Å²) in [4.78, 5) is 27.0. The highest BCUT2D eigenvalue weighted by molar-refractivity contribution is 9.10. The van der Waals surface area contributed by atoms with Gasteiger partial charge in [0.2, 0.25) is 0 Å². The molecule has 0 saturated carbocycles. The predicted octanol–water partition coefficient (Wildman–Crippen LogP) is 6.75. The van der Waals surface area contributed by atoms with Gasteiger partial charge in [0.15, 0.2) is 0 Å². The fraction of sp³-hybridized carbons (Fsp3) is 0.0833. The van der Waals surface area contributed by atoms with Crippen molar-refractivity contribution in [1.29, 1.82) is 0 Å². The minimum Gasteiger partial charge on any atom is -0.507 e. The number of Topliss-reactive ketones (excluding diaryl/α,β-unsaturated/α-hetero) is 1. The standard InChI is InChI=1S/C24H14BrClF3NO3/c25-16-8-4-13(5-9-16)20-19(21(31)14-6-10-17(26)11-7-14)22(32)23(33)30(20)18-3-1-2-15(12-18)24(27,28)29/h1-12,20,31H. The highest BCUT2D eigenvalue weighted by Gasteiger charge is 2.47. The Bertz CT molecular complexity index is 1270. The summed E-state index contributed by atoms with van der Waals surface area (Å²) in [5, 5.41) is 11.4. The van der Waals surface area contributed by atoms with Crippen molar-refractivity contribution in [1.82, 2.24) is 0 Å². The Balaban J connectivity index is 1.94. The zero-order valence-electron chi connectivity index (χ0n) is 16.6. The summed E-state index contributed by atoms with van der Waals surface area (Å²) in [6.45, 7) is 0. The molecule has 3 aromatic rings. The fourth-order valence-electron chi connectivity index (χ4n) is 3.65. The third-order valence-corrected chi connectivity index (χ3v) is 5.98. The fourth-order valence-corrected chi connectivity index (χ4v) is 4.04. The van der Waals surface area contributed by atoms with Gasteiger partial charge in [-0.05, 0) is 60.2 Å². The Kier molecular flexibility index (Phi) is 6.07. The maximum absolute atomic E-state index is 13.3. The van der Waals surface area contributed by atoms with Crippen molar-refractivity contribution in [3.63, 3.8) is 0 Å². The van der Waals surface area contributed by atoms with Gasteiger partial charge >= 0.3 is 6.18 Å². The first-order valence-corrected chi connectivity index (χ1v) is 10.7. The molecule has 168 valence electrons. The van der Waals surface area contributed by atoms with E-state index in [0.717, 1.165) is 27.6 Å². The van der Waals surface area contributed by atoms with Crippen molar-refractivity contribution in [3.8, 4) is 0 Å². The summed E-state index contributed by atoms with van der Waals surface area (Å²) in [5.41, 5.74) is -0.639. The second-order valence-corrected chi connectivity index (χ2v) is 8.63. The average Bonchev–Trinajstić information content (AvgIpc) is 3.04. The van der Waals surface area contributed by atoms with E-state index in [1.165, 1.54) is 30.3 Å². The number of carbonyl (C=O) groups is 2. The van der Waals surface area contributed by atoms with Gasteiger partial charge in [-0.3, -0.25) is 14.5 Å². The number of aliphatic hydroxyl groups excluding tert-OH is 1. The molecule has 9 heteroatoms. The smallest absolute Gasteiger partial charge is 0.416 e. The topological polar surface area (TPSA) is 57.6 Å². The van der Waals surface area contributed by atoms with E-state index in [2.05, 4.69) is 15.9 Å². The molecule has 1 saturated heterocycles. The maximum atomic E-state index is 13.3. The van der Waals surface area contributed by atoms with Gasteiger partial charge in [0.05, 0.1) is 17.2 Å². The number of amides is 1. The minimum absolute atomic E-state index is 0.116. The molecule has 1 amide bonds. The summed E-state index contributed by atoms with van der Waals surface area (Å²) in [5.74, 6) is -2.50. The summed E-state index contributed by atoms with van der Waals surface area (Å²) < 4.78 is 40.7. The quantitative estimate of drug-likeness (QED) is 0.229. The number of carbonyl (C=O) groups excluding carboxylic acids is 2. The van der Waals surface area contributed by atoms with Crippen molar-refractivity contribution in [3.05, 3.63) is 105 Å². The second-order valence-electron chi connectivity index (χ2n) is 7.28. The van der Waals surface area contributed by atoms with E-state index in [1.54, 1.807) is 24.3 Å². The van der Waals surface area contributed by atoms with Crippen LogP contribution in [0, 0.1) is 0 Å². The van der Waals surface area contributed by atoms with Crippen LogP contribution in [0.25, 0.3) is 5.76 Å². The number of benzene rings is 3. The molecule has 1 N–H and O–H groups in total. The van der Waals surface area contributed by atoms with E-state index in [9.17, 15) is 27.9 Å². The maximum Gasteiger partial charge on any atom is 0.416 e. The Morgan fingerprint density at radius 2 is 1.61 bits per heavy atom. The summed E-state index contributed by atoms with van der Waals surface area (Å²) in [7, 11) is 0. The second kappa shape index (κ2) is 8.68. The van der Waals surface area contributed by atoms with E-state index in [-0.39, 0.29) is 16.8 Å². The average molecular weight is 537 g/mol. The van der Waals surface area contributed by atoms with Crippen molar-refractivity contribution >= 4 is 50.7 Å². The number of hydrogen-bond donors (Lipinski definition) is 1. The number of halogens is 5. The van der Waals surface area contributed by atoms with Crippen LogP contribution in [0.1, 0.15) is 22.7 Å². The lowest BCUT2D eigenvalue weighted by molar-refractivity contribution is -0.137. The summed E-state index contributed by atoms with van der Waals surface area (Å²) >= 11 is 9.21. The van der Waals surface area contributed by atoms with E-state index in [4.69, 9.17) is 11.6 Å². The third-order valence-electron chi connectivity index (χ3n) is 5.20.